The molecule has 0 nitrogen and oxygen atoms in total. The molecule has 0 saturated heterocycles. The van der Waals surface area contributed by atoms with Crippen molar-refractivity contribution in [2.75, 3.05) is 0 Å². The van der Waals surface area contributed by atoms with Crippen molar-refractivity contribution in [3.8, 4) is 0 Å². The molecule has 3 heteroatoms. The van der Waals surface area contributed by atoms with E-state index in [2.05, 4.69) is 78.9 Å². The molecule has 2 aliphatic rings. The molecule has 0 aromatic heterocycles. The predicted octanol–water partition coefficient (Wildman–Crippen LogP) is 5.62. The summed E-state index contributed by atoms with van der Waals surface area (Å²) in [5.74, 6) is 0.878. The minimum atomic E-state index is -2.44. The van der Waals surface area contributed by atoms with Gasteiger partial charge in [-0.05, 0) is 0 Å². The van der Waals surface area contributed by atoms with Gasteiger partial charge < -0.3 is 0 Å². The van der Waals surface area contributed by atoms with Crippen molar-refractivity contribution in [3.05, 3.63) is 89.5 Å². The summed E-state index contributed by atoms with van der Waals surface area (Å²) < 4.78 is 1.15. The second kappa shape index (κ2) is 6.55. The van der Waals surface area contributed by atoms with Crippen molar-refractivity contribution in [1.82, 2.24) is 0 Å². The van der Waals surface area contributed by atoms with Crippen LogP contribution in [-0.2, 0) is 19.1 Å². The summed E-state index contributed by atoms with van der Waals surface area (Å²) in [7, 11) is 12.2. The Labute approximate surface area is 151 Å². The van der Waals surface area contributed by atoms with Crippen LogP contribution in [0.4, 0.5) is 0 Å². The average molecular weight is 505 g/mol. The van der Waals surface area contributed by atoms with Crippen LogP contribution in [0.25, 0.3) is 11.6 Å². The Balaban J connectivity index is 1.59. The van der Waals surface area contributed by atoms with Gasteiger partial charge >= 0.3 is 153 Å². The maximum atomic E-state index is 6.11. The second-order valence-electron chi connectivity index (χ2n) is 5.91. The fourth-order valence-corrected chi connectivity index (χ4v) is 6.92. The molecule has 0 saturated carbocycles. The van der Waals surface area contributed by atoms with Crippen LogP contribution < -0.4 is 3.32 Å². The zero-order valence-electron chi connectivity index (χ0n) is 12.4. The van der Waals surface area contributed by atoms with E-state index in [-0.39, 0.29) is 0 Å². The molecule has 0 heterocycles. The van der Waals surface area contributed by atoms with Crippen LogP contribution in [0.1, 0.15) is 22.6 Å². The third-order valence-corrected chi connectivity index (χ3v) is 10.9. The van der Waals surface area contributed by atoms with Gasteiger partial charge in [-0.15, -0.1) is 0 Å². The average Bonchev–Trinajstić information content (AvgIpc) is 3.21. The summed E-state index contributed by atoms with van der Waals surface area (Å²) in [5, 5.41) is 0. The predicted molar refractivity (Wildman–Crippen MR) is 96.6 cm³/mol. The summed E-state index contributed by atoms with van der Waals surface area (Å²) in [6.07, 6.45) is 11.5. The summed E-state index contributed by atoms with van der Waals surface area (Å²) in [4.78, 5) is 0. The third kappa shape index (κ3) is 3.07. The molecular formula is C20H15Cl2Hf. The standard InChI is InChI=1S/C20H15.2ClH.Hf/c1-2-6-15(7-3-1)17-10-11-18(14-17)20-13-12-16-8-4-5-9-19(16)20;;;/h2-14,18,20H;2*1H;/q;;;+2/p-2. The van der Waals surface area contributed by atoms with E-state index < -0.39 is 19.1 Å². The number of hydrogen-bond acceptors (Lipinski definition) is 0. The fourth-order valence-electron chi connectivity index (χ4n) is 3.35. The number of halogens is 2. The first-order valence-corrected chi connectivity index (χ1v) is 18.4. The van der Waals surface area contributed by atoms with E-state index in [1.165, 1.54) is 22.3 Å². The zero-order valence-corrected chi connectivity index (χ0v) is 17.5. The number of hydrogen-bond donors (Lipinski definition) is 0. The normalized spacial score (nSPS) is 21.4. The van der Waals surface area contributed by atoms with Gasteiger partial charge in [-0.25, -0.2) is 0 Å². The summed E-state index contributed by atoms with van der Waals surface area (Å²) in [6.45, 7) is 0. The Bertz CT molecular complexity index is 816. The van der Waals surface area contributed by atoms with Gasteiger partial charge in [0.15, 0.2) is 0 Å². The van der Waals surface area contributed by atoms with E-state index in [0.29, 0.717) is 11.8 Å². The van der Waals surface area contributed by atoms with Crippen LogP contribution in [0, 0.1) is 5.92 Å². The second-order valence-corrected chi connectivity index (χ2v) is 17.6. The van der Waals surface area contributed by atoms with Gasteiger partial charge in [-0.3, -0.25) is 0 Å². The summed E-state index contributed by atoms with van der Waals surface area (Å²) >= 11 is -2.44. The molecule has 0 spiro atoms. The molecule has 2 aliphatic carbocycles. The fraction of sp³-hybridized carbons (Fsp3) is 0.100. The molecule has 2 aromatic rings. The SMILES string of the molecule is [Cl][Hf]([Cl])[c]1ccc(C2=CC(C3C=Cc4ccccc43)C=C2)cc1. The Morgan fingerprint density at radius 3 is 2.39 bits per heavy atom. The molecule has 0 amide bonds. The Hall–Kier alpha value is -0.890. The molecule has 0 N–H and O–H groups in total. The van der Waals surface area contributed by atoms with Crippen LogP contribution in [0.3, 0.4) is 0 Å². The van der Waals surface area contributed by atoms with Gasteiger partial charge in [0.05, 0.1) is 0 Å². The quantitative estimate of drug-likeness (QED) is 0.476. The van der Waals surface area contributed by atoms with Gasteiger partial charge in [0.1, 0.15) is 0 Å². The van der Waals surface area contributed by atoms with E-state index in [1.807, 2.05) is 0 Å². The molecule has 0 aliphatic heterocycles. The zero-order chi connectivity index (χ0) is 15.8. The molecule has 2 aromatic carbocycles. The molecule has 0 radical (unpaired) electrons. The van der Waals surface area contributed by atoms with Gasteiger partial charge in [0.2, 0.25) is 0 Å². The monoisotopic (exact) mass is 505 g/mol. The van der Waals surface area contributed by atoms with E-state index in [1.54, 1.807) is 0 Å². The van der Waals surface area contributed by atoms with E-state index >= 15 is 0 Å². The first-order chi connectivity index (χ1) is 11.2. The molecule has 2 atom stereocenters. The molecule has 0 fully saturated rings. The van der Waals surface area contributed by atoms with Crippen molar-refractivity contribution in [3.63, 3.8) is 0 Å². The summed E-state index contributed by atoms with van der Waals surface area (Å²) in [5.41, 5.74) is 5.30. The van der Waals surface area contributed by atoms with E-state index in [9.17, 15) is 0 Å². The maximum absolute atomic E-state index is 6.11. The molecule has 4 rings (SSSR count). The summed E-state index contributed by atoms with van der Waals surface area (Å²) in [6, 6.07) is 17.1. The van der Waals surface area contributed by atoms with Gasteiger partial charge in [-0.1, -0.05) is 0 Å². The topological polar surface area (TPSA) is 0 Å². The van der Waals surface area contributed by atoms with Crippen molar-refractivity contribution >= 4 is 32.1 Å². The number of allylic oxidation sites excluding steroid dienone is 5. The van der Waals surface area contributed by atoms with Crippen molar-refractivity contribution in [2.24, 2.45) is 5.92 Å². The van der Waals surface area contributed by atoms with Crippen molar-refractivity contribution < 1.29 is 19.1 Å². The first kappa shape index (κ1) is 15.6. The third-order valence-electron chi connectivity index (χ3n) is 4.56. The first-order valence-electron chi connectivity index (χ1n) is 7.68. The minimum absolute atomic E-state index is 0.428. The van der Waals surface area contributed by atoms with Gasteiger partial charge in [-0.2, -0.15) is 0 Å². The number of rotatable bonds is 3. The molecule has 0 bridgehead atoms. The van der Waals surface area contributed by atoms with Crippen LogP contribution in [0.5, 0.6) is 0 Å². The molecule has 113 valence electrons. The van der Waals surface area contributed by atoms with Gasteiger partial charge in [0, 0.05) is 0 Å². The van der Waals surface area contributed by atoms with Crippen molar-refractivity contribution in [2.45, 2.75) is 5.92 Å². The number of fused-ring (bicyclic) bond motifs is 1. The molecular weight excluding hydrogens is 490 g/mol. The van der Waals surface area contributed by atoms with Gasteiger partial charge in [0.25, 0.3) is 0 Å². The van der Waals surface area contributed by atoms with E-state index in [0.717, 1.165) is 3.32 Å². The van der Waals surface area contributed by atoms with Crippen LogP contribution >= 0.6 is 17.2 Å². The molecule has 23 heavy (non-hydrogen) atoms. The van der Waals surface area contributed by atoms with Crippen molar-refractivity contribution in [1.29, 1.82) is 0 Å². The molecule has 2 unspecified atom stereocenters. The Morgan fingerprint density at radius 1 is 0.826 bits per heavy atom. The Kier molecular flexibility index (Phi) is 4.45. The number of benzene rings is 2. The van der Waals surface area contributed by atoms with Crippen LogP contribution in [0.15, 0.2) is 72.8 Å². The van der Waals surface area contributed by atoms with Crippen LogP contribution in [-0.4, -0.2) is 0 Å². The Morgan fingerprint density at radius 2 is 1.61 bits per heavy atom. The van der Waals surface area contributed by atoms with E-state index in [4.69, 9.17) is 17.2 Å². The van der Waals surface area contributed by atoms with Crippen LogP contribution in [0.2, 0.25) is 0 Å².